The maximum atomic E-state index is 3.66. The molecule has 0 atom stereocenters. The summed E-state index contributed by atoms with van der Waals surface area (Å²) in [7, 11) is 0. The molecule has 8 heavy (non-hydrogen) atoms. The summed E-state index contributed by atoms with van der Waals surface area (Å²) < 4.78 is 0. The van der Waals surface area contributed by atoms with Gasteiger partial charge in [0.2, 0.25) is 0 Å². The first-order chi connectivity index (χ1) is 2.64. The molecule has 0 aliphatic rings. The third kappa shape index (κ3) is 9.84. The maximum absolute atomic E-state index is 3.66. The van der Waals surface area contributed by atoms with Crippen LogP contribution >= 0.6 is 0 Å². The van der Waals surface area contributed by atoms with Crippen molar-refractivity contribution < 1.29 is 40.6 Å². The third-order valence-corrected chi connectivity index (χ3v) is 0.729. The molecule has 0 saturated heterocycles. The van der Waals surface area contributed by atoms with Gasteiger partial charge in [-0.2, -0.15) is 0 Å². The van der Waals surface area contributed by atoms with E-state index in [9.17, 15) is 0 Å². The molecule has 0 rings (SSSR count). The Morgan fingerprint density at radius 3 is 1.12 bits per heavy atom. The van der Waals surface area contributed by atoms with Crippen molar-refractivity contribution >= 4 is 0 Å². The van der Waals surface area contributed by atoms with Crippen LogP contribution in [0.25, 0.3) is 0 Å². The zero-order valence-electron chi connectivity index (χ0n) is 8.41. The van der Waals surface area contributed by atoms with Gasteiger partial charge in [-0.1, -0.05) is 24.3 Å². The zero-order valence-corrected chi connectivity index (χ0v) is 6.41. The van der Waals surface area contributed by atoms with Crippen molar-refractivity contribution in [1.29, 1.82) is 0 Å². The van der Waals surface area contributed by atoms with Gasteiger partial charge in [0.05, 0.1) is 0 Å². The van der Waals surface area contributed by atoms with Gasteiger partial charge in [0.25, 0.3) is 0 Å². The molecule has 0 aliphatic carbocycles. The molecule has 0 heterocycles. The number of hydrogen-bond acceptors (Lipinski definition) is 0. The van der Waals surface area contributed by atoms with Gasteiger partial charge in [0.15, 0.2) is 0 Å². The fraction of sp³-hybridized carbons (Fsp3) is 0.333. The van der Waals surface area contributed by atoms with E-state index in [4.69, 9.17) is 0 Å². The molecule has 0 N–H and O–H groups in total. The van der Waals surface area contributed by atoms with Crippen molar-refractivity contribution in [2.75, 3.05) is 0 Å². The van der Waals surface area contributed by atoms with E-state index in [1.54, 1.807) is 0 Å². The van der Waals surface area contributed by atoms with Crippen LogP contribution in [0.3, 0.4) is 0 Å². The van der Waals surface area contributed by atoms with Crippen LogP contribution in [0, 0.1) is 0 Å². The Bertz CT molecular complexity index is 79.7. The topological polar surface area (TPSA) is 0 Å². The summed E-state index contributed by atoms with van der Waals surface area (Å²) >= 11 is 0. The van der Waals surface area contributed by atoms with Crippen molar-refractivity contribution in [3.63, 3.8) is 0 Å². The molecule has 0 spiro atoms. The molecule has 0 unspecified atom stereocenters. The van der Waals surface area contributed by atoms with E-state index in [-0.39, 0.29) is 40.6 Å². The summed E-state index contributed by atoms with van der Waals surface area (Å²) in [6.07, 6.45) is 0. The van der Waals surface area contributed by atoms with Crippen molar-refractivity contribution in [3.8, 4) is 0 Å². The summed E-state index contributed by atoms with van der Waals surface area (Å²) in [5.41, 5.74) is 2.13. The second-order valence-electron chi connectivity index (χ2n) is 1.56. The van der Waals surface area contributed by atoms with Crippen LogP contribution in [-0.2, 0) is 0 Å². The smallest absolute Gasteiger partial charge is 1.00 e. The second kappa shape index (κ2) is 7.67. The van der Waals surface area contributed by atoms with Crippen molar-refractivity contribution in [1.82, 2.24) is 0 Å². The molecular formula is C6H12Li2. The van der Waals surface area contributed by atoms with Gasteiger partial charge in [-0.05, 0) is 13.8 Å². The van der Waals surface area contributed by atoms with Crippen LogP contribution < -0.4 is 37.7 Å². The first kappa shape index (κ1) is 15.9. The summed E-state index contributed by atoms with van der Waals surface area (Å²) in [4.78, 5) is 0. The average molecular weight is 98.0 g/mol. The predicted octanol–water partition coefficient (Wildman–Crippen LogP) is -3.63. The van der Waals surface area contributed by atoms with Crippen LogP contribution in [0.15, 0.2) is 24.3 Å². The Balaban J connectivity index is -0.0000000208. The molecule has 0 saturated carbocycles. The van der Waals surface area contributed by atoms with Crippen molar-refractivity contribution in [3.05, 3.63) is 24.3 Å². The van der Waals surface area contributed by atoms with E-state index in [1.165, 1.54) is 0 Å². The molecule has 0 fully saturated rings. The van der Waals surface area contributed by atoms with Crippen molar-refractivity contribution in [2.24, 2.45) is 0 Å². The van der Waals surface area contributed by atoms with E-state index in [2.05, 4.69) is 13.2 Å². The molecule has 0 aromatic carbocycles. The molecule has 0 amide bonds. The Morgan fingerprint density at radius 2 is 1.12 bits per heavy atom. The van der Waals surface area contributed by atoms with Crippen molar-refractivity contribution in [2.45, 2.75) is 13.8 Å². The summed E-state index contributed by atoms with van der Waals surface area (Å²) in [6, 6.07) is 0. The molecule has 0 aliphatic heterocycles. The summed E-state index contributed by atoms with van der Waals surface area (Å²) in [5, 5.41) is 0. The largest absolute Gasteiger partial charge is 1.00 e. The Morgan fingerprint density at radius 1 is 1.00 bits per heavy atom. The van der Waals surface area contributed by atoms with E-state index in [0.717, 1.165) is 11.1 Å². The third-order valence-electron chi connectivity index (χ3n) is 0.729. The molecular weight excluding hydrogens is 85.9 g/mol. The fourth-order valence-corrected chi connectivity index (χ4v) is 0. The average Bonchev–Trinajstić information content (AvgIpc) is 1.36. The minimum atomic E-state index is 0. The van der Waals surface area contributed by atoms with Crippen LogP contribution in [0.4, 0.5) is 0 Å². The Labute approximate surface area is 78.7 Å². The fourth-order valence-electron chi connectivity index (χ4n) is 0. The molecule has 0 radical (unpaired) electrons. The maximum Gasteiger partial charge on any atom is 1.00 e. The normalized spacial score (nSPS) is 5.75. The van der Waals surface area contributed by atoms with Crippen LogP contribution in [0.2, 0.25) is 0 Å². The van der Waals surface area contributed by atoms with Gasteiger partial charge in [-0.3, -0.25) is 0 Å². The van der Waals surface area contributed by atoms with Crippen LogP contribution in [0.5, 0.6) is 0 Å². The van der Waals surface area contributed by atoms with Crippen LogP contribution in [-0.4, -0.2) is 0 Å². The standard InChI is InChI=1S/C6H10.2Li.2H/c1-5(2)6(3)4;;;;/h1,3H2,2,4H3;;;;/q;2*+1;2*-1. The zero-order chi connectivity index (χ0) is 5.15. The quantitative estimate of drug-likeness (QED) is 0.234. The van der Waals surface area contributed by atoms with Gasteiger partial charge in [-0.15, -0.1) is 0 Å². The number of rotatable bonds is 1. The SMILES string of the molecule is C=C(C)C(=C)C.[H-].[H-].[Li+].[Li+]. The second-order valence-corrected chi connectivity index (χ2v) is 1.56. The van der Waals surface area contributed by atoms with Gasteiger partial charge in [0, 0.05) is 0 Å². The molecule has 0 bridgehead atoms. The summed E-state index contributed by atoms with van der Waals surface area (Å²) in [6.45, 7) is 11.2. The number of allylic oxidation sites excluding steroid dienone is 2. The number of hydrogen-bond donors (Lipinski definition) is 0. The van der Waals surface area contributed by atoms with Gasteiger partial charge in [0.1, 0.15) is 0 Å². The Kier molecular flexibility index (Phi) is 15.2. The first-order valence-corrected chi connectivity index (χ1v) is 1.96. The summed E-state index contributed by atoms with van der Waals surface area (Å²) in [5.74, 6) is 0. The van der Waals surface area contributed by atoms with E-state index >= 15 is 0 Å². The van der Waals surface area contributed by atoms with E-state index in [1.807, 2.05) is 13.8 Å². The minimum Gasteiger partial charge on any atom is -1.00 e. The monoisotopic (exact) mass is 98.1 g/mol. The molecule has 0 aromatic heterocycles. The minimum absolute atomic E-state index is 0. The van der Waals surface area contributed by atoms with E-state index < -0.39 is 0 Å². The Hall–Kier alpha value is 0.675. The predicted molar refractivity (Wildman–Crippen MR) is 31.9 cm³/mol. The van der Waals surface area contributed by atoms with Gasteiger partial charge < -0.3 is 2.85 Å². The molecule has 0 aromatic rings. The van der Waals surface area contributed by atoms with Gasteiger partial charge >= 0.3 is 37.7 Å². The van der Waals surface area contributed by atoms with Crippen LogP contribution in [0.1, 0.15) is 16.7 Å². The molecule has 2 heteroatoms. The van der Waals surface area contributed by atoms with E-state index in [0.29, 0.717) is 0 Å². The molecule has 0 nitrogen and oxygen atoms in total. The first-order valence-electron chi connectivity index (χ1n) is 1.96. The van der Waals surface area contributed by atoms with Gasteiger partial charge in [-0.25, -0.2) is 0 Å². The molecule has 38 valence electrons.